The normalized spacial score (nSPS) is 10.4. The molecule has 1 aromatic heterocycles. The Bertz CT molecular complexity index is 478. The van der Waals surface area contributed by atoms with Crippen LogP contribution in [0.2, 0.25) is 0 Å². The molecule has 0 aliphatic carbocycles. The van der Waals surface area contributed by atoms with E-state index in [1.165, 1.54) is 22.3 Å². The summed E-state index contributed by atoms with van der Waals surface area (Å²) in [5, 5.41) is 3.16. The van der Waals surface area contributed by atoms with E-state index in [2.05, 4.69) is 41.5 Å². The lowest BCUT2D eigenvalue weighted by molar-refractivity contribution is 0.818. The minimum atomic E-state index is 0.896. The predicted octanol–water partition coefficient (Wildman–Crippen LogP) is 2.78. The van der Waals surface area contributed by atoms with Crippen molar-refractivity contribution >= 4 is 0 Å². The van der Waals surface area contributed by atoms with Crippen LogP contribution in [0.3, 0.4) is 0 Å². The van der Waals surface area contributed by atoms with E-state index in [0.29, 0.717) is 0 Å². The number of nitrogens with zero attached hydrogens (tertiary/aromatic N) is 1. The summed E-state index contributed by atoms with van der Waals surface area (Å²) in [5.41, 5.74) is 5.00. The summed E-state index contributed by atoms with van der Waals surface area (Å²) in [6.45, 7) is 3.01. The largest absolute Gasteiger partial charge is 0.316 e. The number of benzene rings is 1. The summed E-state index contributed by atoms with van der Waals surface area (Å²) in [6, 6.07) is 10.6. The highest BCUT2D eigenvalue weighted by atomic mass is 14.8. The molecular weight excluding hydrogens is 196 g/mol. The Morgan fingerprint density at radius 2 is 2.12 bits per heavy atom. The highest BCUT2D eigenvalue weighted by Gasteiger charge is 2.01. The molecule has 0 saturated carbocycles. The van der Waals surface area contributed by atoms with E-state index < -0.39 is 0 Å². The van der Waals surface area contributed by atoms with Crippen molar-refractivity contribution in [3.63, 3.8) is 0 Å². The number of aromatic nitrogens is 1. The average molecular weight is 212 g/mol. The van der Waals surface area contributed by atoms with Crippen LogP contribution in [0.4, 0.5) is 0 Å². The van der Waals surface area contributed by atoms with Gasteiger partial charge >= 0.3 is 0 Å². The molecule has 0 unspecified atom stereocenters. The summed E-state index contributed by atoms with van der Waals surface area (Å²) < 4.78 is 0. The second-order valence-corrected chi connectivity index (χ2v) is 3.92. The van der Waals surface area contributed by atoms with Gasteiger partial charge in [0.25, 0.3) is 0 Å². The smallest absolute Gasteiger partial charge is 0.0349 e. The zero-order valence-corrected chi connectivity index (χ0v) is 9.70. The van der Waals surface area contributed by atoms with Gasteiger partial charge in [-0.2, -0.15) is 0 Å². The molecule has 0 fully saturated rings. The molecule has 1 N–H and O–H groups in total. The zero-order chi connectivity index (χ0) is 11.4. The Morgan fingerprint density at radius 1 is 1.25 bits per heavy atom. The second kappa shape index (κ2) is 4.90. The minimum absolute atomic E-state index is 0.896. The monoisotopic (exact) mass is 212 g/mol. The fourth-order valence-corrected chi connectivity index (χ4v) is 1.82. The van der Waals surface area contributed by atoms with Crippen LogP contribution in [0.5, 0.6) is 0 Å². The van der Waals surface area contributed by atoms with Gasteiger partial charge in [-0.25, -0.2) is 0 Å². The summed E-state index contributed by atoms with van der Waals surface area (Å²) in [6.07, 6.45) is 3.75. The Morgan fingerprint density at radius 3 is 2.88 bits per heavy atom. The second-order valence-electron chi connectivity index (χ2n) is 3.92. The van der Waals surface area contributed by atoms with Crippen LogP contribution in [0, 0.1) is 6.92 Å². The number of hydrogen-bond acceptors (Lipinski definition) is 2. The molecule has 1 aromatic carbocycles. The lowest BCUT2D eigenvalue weighted by Crippen LogP contribution is -2.04. The van der Waals surface area contributed by atoms with Gasteiger partial charge in [0.15, 0.2) is 0 Å². The van der Waals surface area contributed by atoms with Crippen molar-refractivity contribution in [2.75, 3.05) is 7.05 Å². The van der Waals surface area contributed by atoms with E-state index in [0.717, 1.165) is 6.54 Å². The quantitative estimate of drug-likeness (QED) is 0.846. The van der Waals surface area contributed by atoms with Crippen molar-refractivity contribution in [2.24, 2.45) is 0 Å². The van der Waals surface area contributed by atoms with Crippen LogP contribution in [0.1, 0.15) is 11.1 Å². The third-order valence-electron chi connectivity index (χ3n) is 2.66. The number of hydrogen-bond donors (Lipinski definition) is 1. The number of nitrogens with one attached hydrogen (secondary N) is 1. The molecular formula is C14H16N2. The topological polar surface area (TPSA) is 24.9 Å². The molecule has 82 valence electrons. The van der Waals surface area contributed by atoms with Gasteiger partial charge in [-0.3, -0.25) is 4.98 Å². The van der Waals surface area contributed by atoms with Gasteiger partial charge in [0, 0.05) is 24.5 Å². The Labute approximate surface area is 96.4 Å². The lowest BCUT2D eigenvalue weighted by Gasteiger charge is -2.07. The van der Waals surface area contributed by atoms with Gasteiger partial charge in [-0.05, 0) is 42.8 Å². The van der Waals surface area contributed by atoms with E-state index in [-0.39, 0.29) is 0 Å². The first-order chi connectivity index (χ1) is 7.81. The molecule has 0 saturated heterocycles. The third-order valence-corrected chi connectivity index (χ3v) is 2.66. The van der Waals surface area contributed by atoms with Gasteiger partial charge in [0.2, 0.25) is 0 Å². The van der Waals surface area contributed by atoms with Crippen molar-refractivity contribution < 1.29 is 0 Å². The minimum Gasteiger partial charge on any atom is -0.316 e. The molecule has 0 radical (unpaired) electrons. The molecule has 0 bridgehead atoms. The van der Waals surface area contributed by atoms with Crippen LogP contribution in [-0.2, 0) is 6.54 Å². The maximum absolute atomic E-state index is 4.18. The molecule has 0 atom stereocenters. The van der Waals surface area contributed by atoms with E-state index in [9.17, 15) is 0 Å². The first-order valence-electron chi connectivity index (χ1n) is 5.46. The average Bonchev–Trinajstić information content (AvgIpc) is 2.30. The van der Waals surface area contributed by atoms with Crippen molar-refractivity contribution in [2.45, 2.75) is 13.5 Å². The summed E-state index contributed by atoms with van der Waals surface area (Å²) in [5.74, 6) is 0. The molecule has 2 nitrogen and oxygen atoms in total. The van der Waals surface area contributed by atoms with Crippen LogP contribution < -0.4 is 5.32 Å². The molecule has 16 heavy (non-hydrogen) atoms. The number of rotatable bonds is 3. The first-order valence-corrected chi connectivity index (χ1v) is 5.46. The molecule has 0 aliphatic rings. The maximum Gasteiger partial charge on any atom is 0.0349 e. The molecule has 0 amide bonds. The van der Waals surface area contributed by atoms with E-state index in [1.807, 2.05) is 25.5 Å². The summed E-state index contributed by atoms with van der Waals surface area (Å²) in [4.78, 5) is 4.18. The Balaban J connectivity index is 2.40. The van der Waals surface area contributed by atoms with E-state index in [1.54, 1.807) is 0 Å². The molecule has 2 rings (SSSR count). The van der Waals surface area contributed by atoms with E-state index in [4.69, 9.17) is 0 Å². The zero-order valence-electron chi connectivity index (χ0n) is 9.70. The van der Waals surface area contributed by atoms with Crippen molar-refractivity contribution in [3.8, 4) is 11.1 Å². The number of pyridine rings is 1. The molecule has 0 aliphatic heterocycles. The molecule has 1 heterocycles. The Hall–Kier alpha value is -1.67. The lowest BCUT2D eigenvalue weighted by atomic mass is 10.0. The van der Waals surface area contributed by atoms with E-state index >= 15 is 0 Å². The van der Waals surface area contributed by atoms with Gasteiger partial charge < -0.3 is 5.32 Å². The maximum atomic E-state index is 4.18. The highest BCUT2D eigenvalue weighted by molar-refractivity contribution is 5.66. The molecule has 2 heteroatoms. The number of aryl methyl sites for hydroxylation is 1. The van der Waals surface area contributed by atoms with Crippen molar-refractivity contribution in [1.29, 1.82) is 0 Å². The summed E-state index contributed by atoms with van der Waals surface area (Å²) in [7, 11) is 1.96. The standard InChI is InChI=1S/C14H16N2/c1-11-6-7-16-10-14(11)13-5-3-4-12(8-13)9-15-2/h3-8,10,15H,9H2,1-2H3. The van der Waals surface area contributed by atoms with Crippen molar-refractivity contribution in [1.82, 2.24) is 10.3 Å². The molecule has 0 spiro atoms. The van der Waals surface area contributed by atoms with Crippen LogP contribution in [0.15, 0.2) is 42.7 Å². The van der Waals surface area contributed by atoms with Gasteiger partial charge in [0.1, 0.15) is 0 Å². The van der Waals surface area contributed by atoms with Crippen LogP contribution >= 0.6 is 0 Å². The first kappa shape index (κ1) is 10.8. The SMILES string of the molecule is CNCc1cccc(-c2cnccc2C)c1. The van der Waals surface area contributed by atoms with Crippen molar-refractivity contribution in [3.05, 3.63) is 53.9 Å². The van der Waals surface area contributed by atoms with Crippen LogP contribution in [-0.4, -0.2) is 12.0 Å². The van der Waals surface area contributed by atoms with Gasteiger partial charge in [-0.1, -0.05) is 18.2 Å². The third kappa shape index (κ3) is 2.28. The van der Waals surface area contributed by atoms with Gasteiger partial charge in [0.05, 0.1) is 0 Å². The Kier molecular flexibility index (Phi) is 3.32. The van der Waals surface area contributed by atoms with Gasteiger partial charge in [-0.15, -0.1) is 0 Å². The fourth-order valence-electron chi connectivity index (χ4n) is 1.82. The predicted molar refractivity (Wildman–Crippen MR) is 67.2 cm³/mol. The summed E-state index contributed by atoms with van der Waals surface area (Å²) >= 11 is 0. The molecule has 2 aromatic rings. The highest BCUT2D eigenvalue weighted by Crippen LogP contribution is 2.22. The fraction of sp³-hybridized carbons (Fsp3) is 0.214. The van der Waals surface area contributed by atoms with Crippen LogP contribution in [0.25, 0.3) is 11.1 Å².